The number of amides is 1. The third kappa shape index (κ3) is 4.15. The van der Waals surface area contributed by atoms with Crippen LogP contribution >= 0.6 is 11.3 Å². The van der Waals surface area contributed by atoms with Crippen LogP contribution < -0.4 is 5.32 Å². The SMILES string of the molecule is Cc1ccc(S(=O)(=O)C[C@@H](C)NC(=O)c2ccsc2)cc1. The third-order valence-corrected chi connectivity index (χ3v) is 5.62. The van der Waals surface area contributed by atoms with Crippen LogP contribution in [0.3, 0.4) is 0 Å². The van der Waals surface area contributed by atoms with Gasteiger partial charge in [0.1, 0.15) is 0 Å². The first-order chi connectivity index (χ1) is 9.88. The maximum atomic E-state index is 12.3. The highest BCUT2D eigenvalue weighted by atomic mass is 32.2. The fourth-order valence-corrected chi connectivity index (χ4v) is 4.03. The van der Waals surface area contributed by atoms with Gasteiger partial charge in [-0.2, -0.15) is 11.3 Å². The topological polar surface area (TPSA) is 63.2 Å². The maximum absolute atomic E-state index is 12.3. The summed E-state index contributed by atoms with van der Waals surface area (Å²) in [6, 6.07) is 7.98. The van der Waals surface area contributed by atoms with E-state index in [0.29, 0.717) is 5.56 Å². The molecule has 1 amide bonds. The Morgan fingerprint density at radius 3 is 2.48 bits per heavy atom. The lowest BCUT2D eigenvalue weighted by molar-refractivity contribution is 0.0944. The lowest BCUT2D eigenvalue weighted by atomic mass is 10.2. The van der Waals surface area contributed by atoms with E-state index in [4.69, 9.17) is 0 Å². The minimum Gasteiger partial charge on any atom is -0.349 e. The molecule has 1 atom stereocenters. The van der Waals surface area contributed by atoms with Gasteiger partial charge in [-0.05, 0) is 37.4 Å². The Hall–Kier alpha value is -1.66. The van der Waals surface area contributed by atoms with E-state index in [1.165, 1.54) is 11.3 Å². The van der Waals surface area contributed by atoms with Crippen molar-refractivity contribution in [2.45, 2.75) is 24.8 Å². The lowest BCUT2D eigenvalue weighted by Gasteiger charge is -2.14. The molecule has 4 nitrogen and oxygen atoms in total. The molecule has 0 spiro atoms. The fraction of sp³-hybridized carbons (Fsp3) is 0.267. The molecule has 0 aliphatic heterocycles. The molecule has 112 valence electrons. The van der Waals surface area contributed by atoms with Crippen LogP contribution in [-0.4, -0.2) is 26.1 Å². The number of aryl methyl sites for hydroxylation is 1. The van der Waals surface area contributed by atoms with Crippen LogP contribution in [0.4, 0.5) is 0 Å². The summed E-state index contributed by atoms with van der Waals surface area (Å²) in [5.41, 5.74) is 1.56. The Balaban J connectivity index is 2.03. The van der Waals surface area contributed by atoms with Gasteiger partial charge in [0.25, 0.3) is 5.91 Å². The smallest absolute Gasteiger partial charge is 0.252 e. The van der Waals surface area contributed by atoms with Gasteiger partial charge in [0.05, 0.1) is 10.6 Å². The van der Waals surface area contributed by atoms with Crippen molar-refractivity contribution >= 4 is 27.1 Å². The van der Waals surface area contributed by atoms with Gasteiger partial charge in [0.2, 0.25) is 0 Å². The molecule has 1 aromatic carbocycles. The van der Waals surface area contributed by atoms with Crippen LogP contribution in [0.25, 0.3) is 0 Å². The molecule has 1 N–H and O–H groups in total. The normalized spacial score (nSPS) is 12.9. The summed E-state index contributed by atoms with van der Waals surface area (Å²) < 4.78 is 24.5. The molecule has 0 bridgehead atoms. The number of nitrogens with one attached hydrogen (secondary N) is 1. The molecule has 0 saturated carbocycles. The molecule has 21 heavy (non-hydrogen) atoms. The van der Waals surface area contributed by atoms with E-state index in [9.17, 15) is 13.2 Å². The summed E-state index contributed by atoms with van der Waals surface area (Å²) in [4.78, 5) is 12.2. The molecule has 0 aliphatic carbocycles. The van der Waals surface area contributed by atoms with E-state index in [1.807, 2.05) is 12.3 Å². The highest BCUT2D eigenvalue weighted by molar-refractivity contribution is 7.91. The molecule has 2 rings (SSSR count). The van der Waals surface area contributed by atoms with Gasteiger partial charge < -0.3 is 5.32 Å². The first-order valence-electron chi connectivity index (χ1n) is 6.51. The number of carbonyl (C=O) groups excluding carboxylic acids is 1. The molecule has 2 aromatic rings. The molecule has 1 aromatic heterocycles. The standard InChI is InChI=1S/C15H17NO3S2/c1-11-3-5-14(6-4-11)21(18,19)10-12(2)16-15(17)13-7-8-20-9-13/h3-9,12H,10H2,1-2H3,(H,16,17)/t12-/m1/s1. The van der Waals surface area contributed by atoms with Gasteiger partial charge in [-0.25, -0.2) is 8.42 Å². The number of carbonyl (C=O) groups is 1. The molecule has 0 fully saturated rings. The summed E-state index contributed by atoms with van der Waals surface area (Å²) in [6.45, 7) is 3.59. The van der Waals surface area contributed by atoms with E-state index >= 15 is 0 Å². The summed E-state index contributed by atoms with van der Waals surface area (Å²) in [7, 11) is -3.40. The minimum absolute atomic E-state index is 0.119. The largest absolute Gasteiger partial charge is 0.349 e. The van der Waals surface area contributed by atoms with Crippen molar-refractivity contribution in [1.29, 1.82) is 0 Å². The molecular weight excluding hydrogens is 306 g/mol. The number of sulfone groups is 1. The predicted molar refractivity (Wildman–Crippen MR) is 84.5 cm³/mol. The number of rotatable bonds is 5. The lowest BCUT2D eigenvalue weighted by Crippen LogP contribution is -2.37. The van der Waals surface area contributed by atoms with E-state index in [1.54, 1.807) is 42.6 Å². The Morgan fingerprint density at radius 1 is 1.24 bits per heavy atom. The van der Waals surface area contributed by atoms with Crippen molar-refractivity contribution in [3.8, 4) is 0 Å². The number of thiophene rings is 1. The van der Waals surface area contributed by atoms with E-state index in [-0.39, 0.29) is 16.6 Å². The molecule has 6 heteroatoms. The monoisotopic (exact) mass is 323 g/mol. The average molecular weight is 323 g/mol. The molecular formula is C15H17NO3S2. The molecule has 0 unspecified atom stereocenters. The van der Waals surface area contributed by atoms with Crippen molar-refractivity contribution in [3.05, 3.63) is 52.2 Å². The zero-order valence-electron chi connectivity index (χ0n) is 11.9. The summed E-state index contributed by atoms with van der Waals surface area (Å²) in [6.07, 6.45) is 0. The highest BCUT2D eigenvalue weighted by Crippen LogP contribution is 2.13. The van der Waals surface area contributed by atoms with Gasteiger partial charge in [-0.15, -0.1) is 0 Å². The van der Waals surface area contributed by atoms with Crippen LogP contribution in [0.1, 0.15) is 22.8 Å². The van der Waals surface area contributed by atoms with Crippen molar-refractivity contribution in [2.24, 2.45) is 0 Å². The third-order valence-electron chi connectivity index (χ3n) is 3.01. The quantitative estimate of drug-likeness (QED) is 0.920. The maximum Gasteiger partial charge on any atom is 0.252 e. The van der Waals surface area contributed by atoms with E-state index < -0.39 is 15.9 Å². The van der Waals surface area contributed by atoms with Gasteiger partial charge in [-0.1, -0.05) is 17.7 Å². The van der Waals surface area contributed by atoms with Crippen LogP contribution in [0.2, 0.25) is 0 Å². The van der Waals surface area contributed by atoms with Crippen LogP contribution in [0, 0.1) is 6.92 Å². The van der Waals surface area contributed by atoms with E-state index in [2.05, 4.69) is 5.32 Å². The van der Waals surface area contributed by atoms with Gasteiger partial charge in [-0.3, -0.25) is 4.79 Å². The first kappa shape index (κ1) is 15.7. The predicted octanol–water partition coefficient (Wildman–Crippen LogP) is 2.65. The van der Waals surface area contributed by atoms with Gasteiger partial charge in [0, 0.05) is 17.0 Å². The Kier molecular flexibility index (Phi) is 4.80. The van der Waals surface area contributed by atoms with Crippen molar-refractivity contribution < 1.29 is 13.2 Å². The minimum atomic E-state index is -3.40. The second-order valence-corrected chi connectivity index (χ2v) is 7.80. The van der Waals surface area contributed by atoms with Gasteiger partial charge in [0.15, 0.2) is 9.84 Å². The Bertz CT molecular complexity index is 704. The second kappa shape index (κ2) is 6.41. The molecule has 0 saturated heterocycles. The first-order valence-corrected chi connectivity index (χ1v) is 9.10. The molecule has 0 radical (unpaired) electrons. The highest BCUT2D eigenvalue weighted by Gasteiger charge is 2.20. The Labute approximate surface area is 128 Å². The zero-order chi connectivity index (χ0) is 15.5. The Morgan fingerprint density at radius 2 is 1.90 bits per heavy atom. The van der Waals surface area contributed by atoms with Crippen molar-refractivity contribution in [3.63, 3.8) is 0 Å². The summed E-state index contributed by atoms with van der Waals surface area (Å²) >= 11 is 1.43. The number of hydrogen-bond acceptors (Lipinski definition) is 4. The van der Waals surface area contributed by atoms with E-state index in [0.717, 1.165) is 5.56 Å². The fourth-order valence-electron chi connectivity index (χ4n) is 1.91. The average Bonchev–Trinajstić information content (AvgIpc) is 2.92. The summed E-state index contributed by atoms with van der Waals surface area (Å²) in [5, 5.41) is 6.25. The van der Waals surface area contributed by atoms with Crippen LogP contribution in [-0.2, 0) is 9.84 Å². The number of benzene rings is 1. The van der Waals surface area contributed by atoms with Gasteiger partial charge >= 0.3 is 0 Å². The van der Waals surface area contributed by atoms with Crippen LogP contribution in [0.5, 0.6) is 0 Å². The van der Waals surface area contributed by atoms with Crippen molar-refractivity contribution in [2.75, 3.05) is 5.75 Å². The molecule has 0 aliphatic rings. The second-order valence-electron chi connectivity index (χ2n) is 4.98. The number of hydrogen-bond donors (Lipinski definition) is 1. The van der Waals surface area contributed by atoms with Crippen molar-refractivity contribution in [1.82, 2.24) is 5.32 Å². The molecule has 1 heterocycles. The van der Waals surface area contributed by atoms with Crippen LogP contribution in [0.15, 0.2) is 46.0 Å². The zero-order valence-corrected chi connectivity index (χ0v) is 13.5. The summed E-state index contributed by atoms with van der Waals surface area (Å²) in [5.74, 6) is -0.366.